The highest BCUT2D eigenvalue weighted by atomic mass is 32.1. The number of benzene rings is 2. The molecular weight excluding hydrogens is 360 g/mol. The van der Waals surface area contributed by atoms with Crippen LogP contribution in [0.5, 0.6) is 0 Å². The first-order valence-electron chi connectivity index (χ1n) is 7.21. The van der Waals surface area contributed by atoms with Crippen molar-refractivity contribution >= 4 is 50.0 Å². The summed E-state index contributed by atoms with van der Waals surface area (Å²) in [5, 5.41) is 24.6. The number of hydrogen-bond donors (Lipinski definition) is 1. The monoisotopic (exact) mass is 370 g/mol. The maximum atomic E-state index is 12.0. The van der Waals surface area contributed by atoms with Gasteiger partial charge in [0, 0.05) is 24.3 Å². The lowest BCUT2D eigenvalue weighted by molar-refractivity contribution is -0.385. The number of thiazole rings is 1. The molecule has 0 radical (unpaired) electrons. The Hall–Kier alpha value is -3.66. The van der Waals surface area contributed by atoms with Gasteiger partial charge in [-0.05, 0) is 18.2 Å². The molecule has 3 aromatic rings. The summed E-state index contributed by atoms with van der Waals surface area (Å²) in [5.41, 5.74) is 0.658. The first-order valence-corrected chi connectivity index (χ1v) is 8.03. The smallest absolute Gasteiger partial charge is 0.276 e. The summed E-state index contributed by atoms with van der Waals surface area (Å²) in [6.07, 6.45) is 2.50. The van der Waals surface area contributed by atoms with Crippen molar-refractivity contribution in [2.24, 2.45) is 0 Å². The van der Waals surface area contributed by atoms with Gasteiger partial charge in [0.15, 0.2) is 5.13 Å². The SMILES string of the molecule is O=C(C=Cc1ccccc1[N+](=O)[O-])Nc1nc2ccc([N+](=O)[O-])cc2s1. The maximum Gasteiger partial charge on any atom is 0.276 e. The van der Waals surface area contributed by atoms with E-state index in [4.69, 9.17) is 0 Å². The number of nitro groups is 2. The number of amides is 1. The topological polar surface area (TPSA) is 128 Å². The number of nitrogens with one attached hydrogen (secondary N) is 1. The number of nitro benzene ring substituents is 2. The number of carbonyl (C=O) groups is 1. The fraction of sp³-hybridized carbons (Fsp3) is 0. The van der Waals surface area contributed by atoms with E-state index < -0.39 is 15.8 Å². The molecule has 0 atom stereocenters. The minimum absolute atomic E-state index is 0.0599. The highest BCUT2D eigenvalue weighted by molar-refractivity contribution is 7.22. The molecule has 0 spiro atoms. The number of hydrogen-bond acceptors (Lipinski definition) is 7. The summed E-state index contributed by atoms with van der Waals surface area (Å²) >= 11 is 1.10. The van der Waals surface area contributed by atoms with Gasteiger partial charge in [0.2, 0.25) is 5.91 Å². The lowest BCUT2D eigenvalue weighted by Gasteiger charge is -1.97. The molecule has 1 N–H and O–H groups in total. The summed E-state index contributed by atoms with van der Waals surface area (Å²) in [5.74, 6) is -0.517. The van der Waals surface area contributed by atoms with E-state index in [-0.39, 0.29) is 16.5 Å². The Bertz CT molecular complexity index is 1060. The minimum Gasteiger partial charge on any atom is -0.298 e. The maximum absolute atomic E-state index is 12.0. The van der Waals surface area contributed by atoms with E-state index >= 15 is 0 Å². The molecule has 1 heterocycles. The highest BCUT2D eigenvalue weighted by Gasteiger charge is 2.12. The van der Waals surface area contributed by atoms with Gasteiger partial charge in [-0.3, -0.25) is 30.3 Å². The Kier molecular flexibility index (Phi) is 4.67. The van der Waals surface area contributed by atoms with Crippen molar-refractivity contribution in [2.45, 2.75) is 0 Å². The number of nitrogens with zero attached hydrogens (tertiary/aromatic N) is 3. The summed E-state index contributed by atoms with van der Waals surface area (Å²) in [4.78, 5) is 36.9. The number of fused-ring (bicyclic) bond motifs is 1. The molecule has 0 saturated heterocycles. The first kappa shape index (κ1) is 17.2. The van der Waals surface area contributed by atoms with Gasteiger partial charge >= 0.3 is 0 Å². The van der Waals surface area contributed by atoms with E-state index in [0.29, 0.717) is 15.8 Å². The van der Waals surface area contributed by atoms with Gasteiger partial charge in [-0.1, -0.05) is 23.5 Å². The summed E-state index contributed by atoms with van der Waals surface area (Å²) < 4.78 is 0.567. The second kappa shape index (κ2) is 7.07. The average Bonchev–Trinajstić information content (AvgIpc) is 3.01. The van der Waals surface area contributed by atoms with Crippen LogP contribution in [-0.2, 0) is 4.79 Å². The predicted molar refractivity (Wildman–Crippen MR) is 97.0 cm³/mol. The van der Waals surface area contributed by atoms with Gasteiger partial charge in [-0.25, -0.2) is 4.98 Å². The zero-order valence-electron chi connectivity index (χ0n) is 13.0. The van der Waals surface area contributed by atoms with Gasteiger partial charge in [-0.15, -0.1) is 0 Å². The van der Waals surface area contributed by atoms with Gasteiger partial charge in [-0.2, -0.15) is 0 Å². The standard InChI is InChI=1S/C16H10N4O5S/c21-15(8-5-10-3-1-2-4-13(10)20(24)25)18-16-17-12-7-6-11(19(22)23)9-14(12)26-16/h1-9H,(H,17,18,21). The number of anilines is 1. The lowest BCUT2D eigenvalue weighted by Crippen LogP contribution is -2.07. The van der Waals surface area contributed by atoms with Gasteiger partial charge in [0.25, 0.3) is 11.4 Å². The second-order valence-electron chi connectivity index (χ2n) is 5.07. The van der Waals surface area contributed by atoms with Crippen LogP contribution < -0.4 is 5.32 Å². The highest BCUT2D eigenvalue weighted by Crippen LogP contribution is 2.29. The van der Waals surface area contributed by atoms with Crippen LogP contribution >= 0.6 is 11.3 Å². The third-order valence-electron chi connectivity index (χ3n) is 3.36. The van der Waals surface area contributed by atoms with Crippen molar-refractivity contribution in [1.29, 1.82) is 0 Å². The van der Waals surface area contributed by atoms with Crippen molar-refractivity contribution in [2.75, 3.05) is 5.32 Å². The Balaban J connectivity index is 1.77. The molecule has 1 aromatic heterocycles. The van der Waals surface area contributed by atoms with Crippen molar-refractivity contribution in [3.05, 3.63) is 74.3 Å². The number of aromatic nitrogens is 1. The molecule has 10 heteroatoms. The first-order chi connectivity index (χ1) is 12.4. The van der Waals surface area contributed by atoms with Gasteiger partial charge in [0.1, 0.15) is 0 Å². The second-order valence-corrected chi connectivity index (χ2v) is 6.10. The third kappa shape index (κ3) is 3.70. The van der Waals surface area contributed by atoms with Crippen LogP contribution in [0.4, 0.5) is 16.5 Å². The fourth-order valence-electron chi connectivity index (χ4n) is 2.19. The molecule has 3 rings (SSSR count). The van der Waals surface area contributed by atoms with Crippen LogP contribution in [0.15, 0.2) is 48.5 Å². The Morgan fingerprint density at radius 1 is 1.12 bits per heavy atom. The van der Waals surface area contributed by atoms with Crippen molar-refractivity contribution in [1.82, 2.24) is 4.98 Å². The van der Waals surface area contributed by atoms with Crippen LogP contribution in [0.25, 0.3) is 16.3 Å². The van der Waals surface area contributed by atoms with Crippen LogP contribution in [0.2, 0.25) is 0 Å². The Labute approximate surface area is 149 Å². The number of carbonyl (C=O) groups excluding carboxylic acids is 1. The van der Waals surface area contributed by atoms with Crippen molar-refractivity contribution < 1.29 is 14.6 Å². The van der Waals surface area contributed by atoms with Crippen LogP contribution in [0.1, 0.15) is 5.56 Å². The summed E-state index contributed by atoms with van der Waals surface area (Å²) in [6.45, 7) is 0. The summed E-state index contributed by atoms with van der Waals surface area (Å²) in [7, 11) is 0. The molecule has 0 fully saturated rings. The van der Waals surface area contributed by atoms with E-state index in [2.05, 4.69) is 10.3 Å². The quantitative estimate of drug-likeness (QED) is 0.413. The van der Waals surface area contributed by atoms with Crippen LogP contribution in [0, 0.1) is 20.2 Å². The minimum atomic E-state index is -0.530. The zero-order chi connectivity index (χ0) is 18.7. The predicted octanol–water partition coefficient (Wildman–Crippen LogP) is 3.76. The molecular formula is C16H10N4O5S. The zero-order valence-corrected chi connectivity index (χ0v) is 13.8. The Morgan fingerprint density at radius 3 is 2.62 bits per heavy atom. The molecule has 2 aromatic carbocycles. The van der Waals surface area contributed by atoms with Crippen molar-refractivity contribution in [3.8, 4) is 0 Å². The van der Waals surface area contributed by atoms with Crippen LogP contribution in [-0.4, -0.2) is 20.7 Å². The molecule has 0 saturated carbocycles. The number of para-hydroxylation sites is 1. The largest absolute Gasteiger partial charge is 0.298 e. The van der Waals surface area contributed by atoms with E-state index in [1.165, 1.54) is 42.5 Å². The van der Waals surface area contributed by atoms with E-state index in [0.717, 1.165) is 17.4 Å². The Morgan fingerprint density at radius 2 is 1.88 bits per heavy atom. The normalized spacial score (nSPS) is 10.9. The van der Waals surface area contributed by atoms with E-state index in [1.54, 1.807) is 6.07 Å². The third-order valence-corrected chi connectivity index (χ3v) is 4.29. The molecule has 9 nitrogen and oxygen atoms in total. The average molecular weight is 370 g/mol. The molecule has 130 valence electrons. The molecule has 26 heavy (non-hydrogen) atoms. The molecule has 0 bridgehead atoms. The van der Waals surface area contributed by atoms with Gasteiger partial charge in [0.05, 0.1) is 25.6 Å². The lowest BCUT2D eigenvalue weighted by atomic mass is 10.1. The molecule has 0 aliphatic carbocycles. The van der Waals surface area contributed by atoms with Crippen molar-refractivity contribution in [3.63, 3.8) is 0 Å². The van der Waals surface area contributed by atoms with Crippen LogP contribution in [0.3, 0.4) is 0 Å². The summed E-state index contributed by atoms with van der Waals surface area (Å²) in [6, 6.07) is 10.3. The fourth-order valence-corrected chi connectivity index (χ4v) is 3.09. The van der Waals surface area contributed by atoms with E-state index in [9.17, 15) is 25.0 Å². The molecule has 0 aliphatic heterocycles. The number of rotatable bonds is 5. The van der Waals surface area contributed by atoms with E-state index in [1.807, 2.05) is 0 Å². The molecule has 1 amide bonds. The molecule has 0 unspecified atom stereocenters. The van der Waals surface area contributed by atoms with Gasteiger partial charge < -0.3 is 0 Å². The number of non-ortho nitro benzene ring substituents is 1. The molecule has 0 aliphatic rings.